The van der Waals surface area contributed by atoms with Crippen molar-refractivity contribution in [1.82, 2.24) is 4.98 Å². The topological polar surface area (TPSA) is 100 Å². The third-order valence-electron chi connectivity index (χ3n) is 2.81. The van der Waals surface area contributed by atoms with Crippen LogP contribution >= 0.6 is 0 Å². The number of nitrogens with zero attached hydrogens (tertiary/aromatic N) is 2. The molecule has 0 aliphatic carbocycles. The van der Waals surface area contributed by atoms with E-state index in [4.69, 9.17) is 0 Å². The van der Waals surface area contributed by atoms with Gasteiger partial charge in [0.2, 0.25) is 5.82 Å². The number of anilines is 2. The van der Waals surface area contributed by atoms with Gasteiger partial charge in [0, 0.05) is 19.7 Å². The first kappa shape index (κ1) is 16.2. The Morgan fingerprint density at radius 3 is 2.65 bits per heavy atom. The van der Waals surface area contributed by atoms with E-state index in [2.05, 4.69) is 15.6 Å². The summed E-state index contributed by atoms with van der Waals surface area (Å²) < 4.78 is 0. The van der Waals surface area contributed by atoms with Crippen LogP contribution in [0.5, 0.6) is 0 Å². The predicted molar refractivity (Wildman–Crippen MR) is 79.0 cm³/mol. The van der Waals surface area contributed by atoms with Crippen molar-refractivity contribution < 1.29 is 10.0 Å². The second-order valence-electron chi connectivity index (χ2n) is 5.52. The lowest BCUT2D eigenvalue weighted by Gasteiger charge is -2.25. The number of aliphatic hydroxyl groups is 1. The summed E-state index contributed by atoms with van der Waals surface area (Å²) in [5, 5.41) is 26.9. The third-order valence-corrected chi connectivity index (χ3v) is 2.81. The molecule has 0 saturated carbocycles. The van der Waals surface area contributed by atoms with E-state index in [0.717, 1.165) is 0 Å². The van der Waals surface area contributed by atoms with Crippen LogP contribution in [0.1, 0.15) is 27.2 Å². The van der Waals surface area contributed by atoms with E-state index in [9.17, 15) is 15.2 Å². The minimum Gasteiger partial charge on any atom is -0.388 e. The summed E-state index contributed by atoms with van der Waals surface area (Å²) in [5.74, 6) is 1.02. The monoisotopic (exact) mass is 282 g/mol. The van der Waals surface area contributed by atoms with Crippen LogP contribution in [0.4, 0.5) is 17.3 Å². The van der Waals surface area contributed by atoms with Crippen molar-refractivity contribution in [1.29, 1.82) is 0 Å². The van der Waals surface area contributed by atoms with Gasteiger partial charge in [-0.2, -0.15) is 0 Å². The molecular formula is C13H22N4O3. The van der Waals surface area contributed by atoms with Crippen molar-refractivity contribution in [3.05, 3.63) is 22.2 Å². The lowest BCUT2D eigenvalue weighted by Crippen LogP contribution is -2.35. The van der Waals surface area contributed by atoms with Crippen LogP contribution in [0.3, 0.4) is 0 Å². The van der Waals surface area contributed by atoms with Crippen LogP contribution in [-0.2, 0) is 0 Å². The lowest BCUT2D eigenvalue weighted by atomic mass is 9.94. The highest BCUT2D eigenvalue weighted by atomic mass is 16.6. The molecule has 1 atom stereocenters. The fourth-order valence-electron chi connectivity index (χ4n) is 2.09. The van der Waals surface area contributed by atoms with Crippen molar-refractivity contribution in [3.8, 4) is 0 Å². The van der Waals surface area contributed by atoms with Crippen LogP contribution in [0, 0.1) is 16.0 Å². The molecule has 7 nitrogen and oxygen atoms in total. The standard InChI is InChI=1S/C13H22N4O3/c1-9(2)7-13(3,18)8-15-12-10(17(19)20)5-6-11(14-4)16-12/h5-6,9,18H,7-8H2,1-4H3,(H2,14,15,16). The normalized spacial score (nSPS) is 13.9. The van der Waals surface area contributed by atoms with Gasteiger partial charge in [-0.05, 0) is 25.3 Å². The van der Waals surface area contributed by atoms with Crippen LogP contribution in [-0.4, -0.2) is 34.2 Å². The summed E-state index contributed by atoms with van der Waals surface area (Å²) in [4.78, 5) is 14.6. The van der Waals surface area contributed by atoms with Crippen LogP contribution in [0.25, 0.3) is 0 Å². The quantitative estimate of drug-likeness (QED) is 0.524. The number of aromatic nitrogens is 1. The second-order valence-corrected chi connectivity index (χ2v) is 5.52. The van der Waals surface area contributed by atoms with E-state index in [1.54, 1.807) is 14.0 Å². The molecule has 0 bridgehead atoms. The van der Waals surface area contributed by atoms with Gasteiger partial charge in [0.25, 0.3) is 0 Å². The molecule has 0 aliphatic heterocycles. The van der Waals surface area contributed by atoms with Crippen LogP contribution in [0.2, 0.25) is 0 Å². The average Bonchev–Trinajstić information content (AvgIpc) is 2.34. The summed E-state index contributed by atoms with van der Waals surface area (Å²) in [6.07, 6.45) is 0.597. The fraction of sp³-hybridized carbons (Fsp3) is 0.615. The smallest absolute Gasteiger partial charge is 0.311 e. The highest BCUT2D eigenvalue weighted by molar-refractivity contribution is 5.60. The van der Waals surface area contributed by atoms with Gasteiger partial charge in [-0.3, -0.25) is 10.1 Å². The molecule has 1 heterocycles. The molecular weight excluding hydrogens is 260 g/mol. The van der Waals surface area contributed by atoms with Crippen LogP contribution < -0.4 is 10.6 Å². The third kappa shape index (κ3) is 4.65. The zero-order valence-electron chi connectivity index (χ0n) is 12.3. The molecule has 0 aromatic carbocycles. The predicted octanol–water partition coefficient (Wildman–Crippen LogP) is 2.24. The van der Waals surface area contributed by atoms with E-state index < -0.39 is 10.5 Å². The molecule has 7 heteroatoms. The number of pyridine rings is 1. The van der Waals surface area contributed by atoms with E-state index in [-0.39, 0.29) is 18.1 Å². The van der Waals surface area contributed by atoms with Crippen molar-refractivity contribution >= 4 is 17.3 Å². The first-order valence-corrected chi connectivity index (χ1v) is 6.54. The molecule has 0 fully saturated rings. The zero-order chi connectivity index (χ0) is 15.3. The van der Waals surface area contributed by atoms with E-state index in [1.165, 1.54) is 12.1 Å². The Morgan fingerprint density at radius 2 is 2.15 bits per heavy atom. The minimum absolute atomic E-state index is 0.107. The van der Waals surface area contributed by atoms with Crippen molar-refractivity contribution in [2.45, 2.75) is 32.8 Å². The van der Waals surface area contributed by atoms with Gasteiger partial charge in [0.1, 0.15) is 5.82 Å². The molecule has 0 saturated heterocycles. The van der Waals surface area contributed by atoms with Crippen LogP contribution in [0.15, 0.2) is 12.1 Å². The van der Waals surface area contributed by atoms with Crippen molar-refractivity contribution in [3.63, 3.8) is 0 Å². The molecule has 1 unspecified atom stereocenters. The van der Waals surface area contributed by atoms with Gasteiger partial charge in [0.15, 0.2) is 0 Å². The maximum Gasteiger partial charge on any atom is 0.311 e. The molecule has 112 valence electrons. The van der Waals surface area contributed by atoms with Crippen molar-refractivity contribution in [2.24, 2.45) is 5.92 Å². The van der Waals surface area contributed by atoms with E-state index in [1.807, 2.05) is 13.8 Å². The highest BCUT2D eigenvalue weighted by Crippen LogP contribution is 2.25. The molecule has 0 aliphatic rings. The molecule has 0 spiro atoms. The lowest BCUT2D eigenvalue weighted by molar-refractivity contribution is -0.384. The van der Waals surface area contributed by atoms with Gasteiger partial charge in [-0.1, -0.05) is 13.8 Å². The Bertz CT molecular complexity index is 475. The molecule has 1 rings (SSSR count). The molecule has 1 aromatic heterocycles. The van der Waals surface area contributed by atoms with Gasteiger partial charge < -0.3 is 15.7 Å². The Labute approximate surface area is 118 Å². The molecule has 20 heavy (non-hydrogen) atoms. The fourth-order valence-corrected chi connectivity index (χ4v) is 2.09. The molecule has 1 aromatic rings. The number of rotatable bonds is 7. The number of hydrogen-bond acceptors (Lipinski definition) is 6. The first-order chi connectivity index (χ1) is 9.25. The summed E-state index contributed by atoms with van der Waals surface area (Å²) in [6, 6.07) is 2.92. The Kier molecular flexibility index (Phi) is 5.26. The number of hydrogen-bond donors (Lipinski definition) is 3. The van der Waals surface area contributed by atoms with E-state index >= 15 is 0 Å². The second kappa shape index (κ2) is 6.51. The summed E-state index contributed by atoms with van der Waals surface area (Å²) in [6.45, 7) is 5.92. The molecule has 3 N–H and O–H groups in total. The zero-order valence-corrected chi connectivity index (χ0v) is 12.3. The van der Waals surface area contributed by atoms with Gasteiger partial charge in [-0.15, -0.1) is 0 Å². The van der Waals surface area contributed by atoms with Gasteiger partial charge >= 0.3 is 5.69 Å². The molecule has 0 radical (unpaired) electrons. The Morgan fingerprint density at radius 1 is 1.50 bits per heavy atom. The summed E-state index contributed by atoms with van der Waals surface area (Å²) in [7, 11) is 1.69. The average molecular weight is 282 g/mol. The highest BCUT2D eigenvalue weighted by Gasteiger charge is 2.24. The van der Waals surface area contributed by atoms with E-state index in [0.29, 0.717) is 18.2 Å². The Balaban J connectivity index is 2.87. The minimum atomic E-state index is -0.945. The maximum absolute atomic E-state index is 11.0. The first-order valence-electron chi connectivity index (χ1n) is 6.54. The summed E-state index contributed by atoms with van der Waals surface area (Å²) in [5.41, 5.74) is -1.05. The largest absolute Gasteiger partial charge is 0.388 e. The SMILES string of the molecule is CNc1ccc([N+](=O)[O-])c(NCC(C)(O)CC(C)C)n1. The van der Waals surface area contributed by atoms with Gasteiger partial charge in [0.05, 0.1) is 10.5 Å². The summed E-state index contributed by atoms with van der Waals surface area (Å²) >= 11 is 0. The van der Waals surface area contributed by atoms with Gasteiger partial charge in [-0.25, -0.2) is 4.98 Å². The molecule has 0 amide bonds. The van der Waals surface area contributed by atoms with Crippen molar-refractivity contribution in [2.75, 3.05) is 24.2 Å². The Hall–Kier alpha value is -1.89. The maximum atomic E-state index is 11.0. The number of nitrogens with one attached hydrogen (secondary N) is 2. The number of nitro groups is 1.